The van der Waals surface area contributed by atoms with Crippen molar-refractivity contribution in [3.8, 4) is 22.6 Å². The molecule has 3 N–H and O–H groups in total. The van der Waals surface area contributed by atoms with Gasteiger partial charge in [-0.3, -0.25) is 0 Å². The lowest BCUT2D eigenvalue weighted by Gasteiger charge is -2.17. The Bertz CT molecular complexity index is 1340. The second-order valence-corrected chi connectivity index (χ2v) is 7.93. The van der Waals surface area contributed by atoms with Crippen molar-refractivity contribution < 1.29 is 10.2 Å². The van der Waals surface area contributed by atoms with Gasteiger partial charge in [0.05, 0.1) is 5.69 Å². The van der Waals surface area contributed by atoms with Gasteiger partial charge in [-0.25, -0.2) is 0 Å². The molecule has 4 heteroatoms. The van der Waals surface area contributed by atoms with Gasteiger partial charge in [-0.05, 0) is 47.9 Å². The number of fused-ring (bicyclic) bond motifs is 2. The van der Waals surface area contributed by atoms with E-state index in [1.165, 1.54) is 11.9 Å². The van der Waals surface area contributed by atoms with Crippen LogP contribution in [0.5, 0.6) is 11.5 Å². The number of hydrogen-bond donors (Lipinski definition) is 3. The van der Waals surface area contributed by atoms with Gasteiger partial charge in [-0.1, -0.05) is 93.3 Å². The molecule has 0 heterocycles. The Labute approximate surface area is 199 Å². The second kappa shape index (κ2) is 11.3. The minimum absolute atomic E-state index is 0.127. The fraction of sp³-hybridized carbons (Fsp3) is 0.103. The van der Waals surface area contributed by atoms with E-state index < -0.39 is 0 Å². The van der Waals surface area contributed by atoms with E-state index in [1.54, 1.807) is 12.1 Å². The summed E-state index contributed by atoms with van der Waals surface area (Å²) in [6.07, 6.45) is 7.68. The molecule has 0 radical (unpaired) electrons. The number of anilines is 1. The zero-order chi connectivity index (χ0) is 23.8. The van der Waals surface area contributed by atoms with Crippen molar-refractivity contribution in [1.29, 1.82) is 0 Å². The highest BCUT2D eigenvalue weighted by Gasteiger charge is 2.18. The van der Waals surface area contributed by atoms with Crippen LogP contribution in [0.4, 0.5) is 5.69 Å². The smallest absolute Gasteiger partial charge is 0.131 e. The van der Waals surface area contributed by atoms with Gasteiger partial charge in [-0.15, -0.1) is 0 Å². The van der Waals surface area contributed by atoms with Gasteiger partial charge in [0.1, 0.15) is 11.5 Å². The molecule has 0 aliphatic heterocycles. The van der Waals surface area contributed by atoms with Crippen molar-refractivity contribution in [3.05, 3.63) is 103 Å². The van der Waals surface area contributed by atoms with Crippen molar-refractivity contribution >= 4 is 39.2 Å². The SMILES string of the molecule is C=C/C(=C\C=C/C)SNc1cc(-c2c(O)ccc3ccccc23)c(O)c2ccccc12.CC. The van der Waals surface area contributed by atoms with E-state index in [0.717, 1.165) is 26.8 Å². The normalized spacial score (nSPS) is 11.4. The highest BCUT2D eigenvalue weighted by molar-refractivity contribution is 8.04. The Morgan fingerprint density at radius 2 is 1.58 bits per heavy atom. The maximum Gasteiger partial charge on any atom is 0.131 e. The molecule has 4 aromatic carbocycles. The number of benzene rings is 4. The molecule has 0 spiro atoms. The van der Waals surface area contributed by atoms with Crippen LogP contribution in [-0.2, 0) is 0 Å². The Morgan fingerprint density at radius 1 is 0.909 bits per heavy atom. The van der Waals surface area contributed by atoms with Crippen LogP contribution in [0.25, 0.3) is 32.7 Å². The predicted octanol–water partition coefficient (Wildman–Crippen LogP) is 8.80. The van der Waals surface area contributed by atoms with E-state index in [4.69, 9.17) is 0 Å². The number of allylic oxidation sites excluding steroid dienone is 4. The molecule has 3 nitrogen and oxygen atoms in total. The number of phenolic OH excluding ortho intramolecular Hbond substituents is 2. The van der Waals surface area contributed by atoms with E-state index in [-0.39, 0.29) is 11.5 Å². The van der Waals surface area contributed by atoms with Crippen LogP contribution in [-0.4, -0.2) is 10.2 Å². The number of rotatable bonds is 6. The Morgan fingerprint density at radius 3 is 2.27 bits per heavy atom. The Hall–Kier alpha value is -3.63. The van der Waals surface area contributed by atoms with Gasteiger partial charge in [-0.2, -0.15) is 0 Å². The molecule has 0 amide bonds. The van der Waals surface area contributed by atoms with Crippen LogP contribution < -0.4 is 4.72 Å². The lowest BCUT2D eigenvalue weighted by molar-refractivity contribution is 0.472. The molecule has 4 rings (SSSR count). The van der Waals surface area contributed by atoms with Crippen molar-refractivity contribution in [1.82, 2.24) is 0 Å². The van der Waals surface area contributed by atoms with Gasteiger partial charge in [0, 0.05) is 26.8 Å². The third-order valence-corrected chi connectivity index (χ3v) is 5.99. The number of aromatic hydroxyl groups is 2. The van der Waals surface area contributed by atoms with E-state index in [2.05, 4.69) is 11.3 Å². The third-order valence-electron chi connectivity index (χ3n) is 5.13. The van der Waals surface area contributed by atoms with Crippen molar-refractivity contribution in [2.45, 2.75) is 20.8 Å². The molecule has 0 aliphatic rings. The molecule has 0 aromatic heterocycles. The molecule has 168 valence electrons. The van der Waals surface area contributed by atoms with Crippen LogP contribution in [0.1, 0.15) is 20.8 Å². The molecule has 33 heavy (non-hydrogen) atoms. The van der Waals surface area contributed by atoms with E-state index in [9.17, 15) is 10.2 Å². The molecule has 0 saturated carbocycles. The summed E-state index contributed by atoms with van der Waals surface area (Å²) >= 11 is 1.44. The van der Waals surface area contributed by atoms with Crippen molar-refractivity contribution in [2.75, 3.05) is 4.72 Å². The highest BCUT2D eigenvalue weighted by atomic mass is 32.2. The van der Waals surface area contributed by atoms with Crippen LogP contribution in [0.15, 0.2) is 103 Å². The van der Waals surface area contributed by atoms with E-state index >= 15 is 0 Å². The van der Waals surface area contributed by atoms with Crippen LogP contribution in [0, 0.1) is 0 Å². The Balaban J connectivity index is 0.00000149. The number of hydrogen-bond acceptors (Lipinski definition) is 4. The van der Waals surface area contributed by atoms with Crippen molar-refractivity contribution in [3.63, 3.8) is 0 Å². The first-order chi connectivity index (χ1) is 16.1. The standard InChI is InChI=1S/C27H23NO2S.C2H6/c1-3-5-11-19(4-2)31-28-24-17-23(27(30)22-14-9-8-13-21(22)24)26-20-12-7-6-10-18(20)15-16-25(26)29;1-2/h3-17,28-30H,2H2,1H3;1-2H3/b5-3-,19-11+;. The van der Waals surface area contributed by atoms with Gasteiger partial charge < -0.3 is 14.9 Å². The van der Waals surface area contributed by atoms with Gasteiger partial charge in [0.25, 0.3) is 0 Å². The molecule has 0 saturated heterocycles. The van der Waals surface area contributed by atoms with Gasteiger partial charge >= 0.3 is 0 Å². The molecular weight excluding hydrogens is 426 g/mol. The summed E-state index contributed by atoms with van der Waals surface area (Å²) < 4.78 is 3.40. The molecule has 0 fully saturated rings. The predicted molar refractivity (Wildman–Crippen MR) is 146 cm³/mol. The maximum absolute atomic E-state index is 11.2. The molecule has 0 bridgehead atoms. The zero-order valence-corrected chi connectivity index (χ0v) is 20.0. The number of nitrogens with one attached hydrogen (secondary N) is 1. The summed E-state index contributed by atoms with van der Waals surface area (Å²) in [5, 5.41) is 25.4. The zero-order valence-electron chi connectivity index (χ0n) is 19.2. The van der Waals surface area contributed by atoms with Gasteiger partial charge in [0.15, 0.2) is 0 Å². The van der Waals surface area contributed by atoms with Crippen LogP contribution in [0.3, 0.4) is 0 Å². The monoisotopic (exact) mass is 455 g/mol. The minimum atomic E-state index is 0.127. The summed E-state index contributed by atoms with van der Waals surface area (Å²) in [6.45, 7) is 9.84. The Kier molecular flexibility index (Phi) is 8.22. The second-order valence-electron chi connectivity index (χ2n) is 7.05. The minimum Gasteiger partial charge on any atom is -0.507 e. The third kappa shape index (κ3) is 5.07. The molecular formula is C29H29NO2S. The maximum atomic E-state index is 11.2. The average molecular weight is 456 g/mol. The first kappa shape index (κ1) is 24.0. The number of phenols is 2. The molecule has 0 unspecified atom stereocenters. The average Bonchev–Trinajstić information content (AvgIpc) is 2.87. The van der Waals surface area contributed by atoms with Crippen LogP contribution >= 0.6 is 11.9 Å². The summed E-state index contributed by atoms with van der Waals surface area (Å²) in [6, 6.07) is 21.0. The first-order valence-electron chi connectivity index (χ1n) is 11.0. The fourth-order valence-electron chi connectivity index (χ4n) is 3.63. The molecule has 0 atom stereocenters. The summed E-state index contributed by atoms with van der Waals surface area (Å²) in [4.78, 5) is 0.963. The van der Waals surface area contributed by atoms with Gasteiger partial charge in [0.2, 0.25) is 0 Å². The fourth-order valence-corrected chi connectivity index (χ4v) is 4.25. The van der Waals surface area contributed by atoms with E-state index in [1.807, 2.05) is 99.7 Å². The van der Waals surface area contributed by atoms with Crippen LogP contribution in [0.2, 0.25) is 0 Å². The summed E-state index contributed by atoms with van der Waals surface area (Å²) in [5.74, 6) is 0.272. The lowest BCUT2D eigenvalue weighted by atomic mass is 9.93. The first-order valence-corrected chi connectivity index (χ1v) is 11.8. The van der Waals surface area contributed by atoms with E-state index in [0.29, 0.717) is 16.5 Å². The topological polar surface area (TPSA) is 52.5 Å². The molecule has 4 aromatic rings. The summed E-state index contributed by atoms with van der Waals surface area (Å²) in [7, 11) is 0. The largest absolute Gasteiger partial charge is 0.507 e. The summed E-state index contributed by atoms with van der Waals surface area (Å²) in [5.41, 5.74) is 2.03. The lowest BCUT2D eigenvalue weighted by Crippen LogP contribution is -1.92. The molecule has 0 aliphatic carbocycles. The van der Waals surface area contributed by atoms with Crippen molar-refractivity contribution in [2.24, 2.45) is 0 Å². The highest BCUT2D eigenvalue weighted by Crippen LogP contribution is 2.46. The quantitative estimate of drug-likeness (QED) is 0.154.